The molecule has 9 heteroatoms. The van der Waals surface area contributed by atoms with Gasteiger partial charge in [0.1, 0.15) is 17.3 Å². The number of hydrogen-bond acceptors (Lipinski definition) is 6. The van der Waals surface area contributed by atoms with Crippen LogP contribution in [0.3, 0.4) is 0 Å². The van der Waals surface area contributed by atoms with Crippen LogP contribution >= 0.6 is 0 Å². The lowest BCUT2D eigenvalue weighted by atomic mass is 9.88. The van der Waals surface area contributed by atoms with Gasteiger partial charge >= 0.3 is 0 Å². The largest absolute Gasteiger partial charge is 0.476 e. The van der Waals surface area contributed by atoms with E-state index in [1.165, 1.54) is 13.0 Å². The van der Waals surface area contributed by atoms with Crippen molar-refractivity contribution in [3.8, 4) is 17.0 Å². The Morgan fingerprint density at radius 1 is 1.08 bits per heavy atom. The van der Waals surface area contributed by atoms with Crippen molar-refractivity contribution in [2.45, 2.75) is 58.1 Å². The zero-order valence-corrected chi connectivity index (χ0v) is 22.7. The number of carbonyl (C=O) groups is 1. The highest BCUT2D eigenvalue weighted by Crippen LogP contribution is 2.41. The molecule has 1 atom stereocenters. The molecule has 0 N–H and O–H groups in total. The number of fused-ring (bicyclic) bond motifs is 1. The second-order valence-corrected chi connectivity index (χ2v) is 10.9. The van der Waals surface area contributed by atoms with E-state index < -0.39 is 17.7 Å². The van der Waals surface area contributed by atoms with E-state index in [0.29, 0.717) is 17.1 Å². The zero-order valence-electron chi connectivity index (χ0n) is 22.7. The molecule has 1 saturated heterocycles. The van der Waals surface area contributed by atoms with E-state index in [0.717, 1.165) is 43.8 Å². The summed E-state index contributed by atoms with van der Waals surface area (Å²) >= 11 is 0. The fraction of sp³-hybridized carbons (Fsp3) is 0.433. The van der Waals surface area contributed by atoms with Crippen molar-refractivity contribution >= 4 is 11.5 Å². The highest BCUT2D eigenvalue weighted by Gasteiger charge is 2.33. The van der Waals surface area contributed by atoms with Crippen molar-refractivity contribution in [1.82, 2.24) is 14.9 Å². The molecule has 6 nitrogen and oxygen atoms in total. The third kappa shape index (κ3) is 5.64. The summed E-state index contributed by atoms with van der Waals surface area (Å²) in [5, 5.41) is 0. The van der Waals surface area contributed by atoms with Crippen molar-refractivity contribution in [3.63, 3.8) is 0 Å². The molecule has 0 bridgehead atoms. The second-order valence-electron chi connectivity index (χ2n) is 10.9. The van der Waals surface area contributed by atoms with Gasteiger partial charge in [-0.25, -0.2) is 23.1 Å². The Balaban J connectivity index is 1.43. The van der Waals surface area contributed by atoms with Gasteiger partial charge in [0.05, 0.1) is 18.4 Å². The Morgan fingerprint density at radius 3 is 2.49 bits per heavy atom. The summed E-state index contributed by atoms with van der Waals surface area (Å²) in [6, 6.07) is 7.93. The van der Waals surface area contributed by atoms with E-state index >= 15 is 8.78 Å². The maximum Gasteiger partial charge on any atom is 0.179 e. The van der Waals surface area contributed by atoms with Crippen molar-refractivity contribution in [2.75, 3.05) is 31.6 Å². The predicted molar refractivity (Wildman–Crippen MR) is 144 cm³/mol. The molecule has 0 spiro atoms. The molecule has 2 aliphatic heterocycles. The lowest BCUT2D eigenvalue weighted by Crippen LogP contribution is -2.46. The molecule has 206 valence electrons. The van der Waals surface area contributed by atoms with Gasteiger partial charge in [0, 0.05) is 18.0 Å². The first-order valence-corrected chi connectivity index (χ1v) is 13.4. The van der Waals surface area contributed by atoms with Crippen LogP contribution in [0.15, 0.2) is 36.5 Å². The number of benzene rings is 2. The first-order valence-electron chi connectivity index (χ1n) is 13.4. The summed E-state index contributed by atoms with van der Waals surface area (Å²) < 4.78 is 50.9. The lowest BCUT2D eigenvalue weighted by Gasteiger charge is -2.38. The maximum atomic E-state index is 15.3. The van der Waals surface area contributed by atoms with Gasteiger partial charge in [-0.3, -0.25) is 4.79 Å². The van der Waals surface area contributed by atoms with Crippen LogP contribution in [-0.4, -0.2) is 59.5 Å². The molecule has 5 rings (SSSR count). The fourth-order valence-electron chi connectivity index (χ4n) is 5.41. The monoisotopic (exact) mass is 538 g/mol. The minimum Gasteiger partial charge on any atom is -0.476 e. The molecular weight excluding hydrogens is 505 g/mol. The number of aromatic nitrogens is 2. The smallest absolute Gasteiger partial charge is 0.179 e. The number of hydrogen-bond donors (Lipinski definition) is 0. The molecule has 2 aliphatic rings. The number of rotatable bonds is 6. The van der Waals surface area contributed by atoms with Crippen LogP contribution < -0.4 is 9.64 Å². The molecule has 1 unspecified atom stereocenters. The number of nitrogens with zero attached hydrogens (tertiary/aromatic N) is 4. The van der Waals surface area contributed by atoms with E-state index in [1.54, 1.807) is 6.07 Å². The molecule has 0 saturated carbocycles. The zero-order chi connectivity index (χ0) is 27.8. The van der Waals surface area contributed by atoms with Gasteiger partial charge in [-0.15, -0.1) is 0 Å². The molecule has 0 radical (unpaired) electrons. The highest BCUT2D eigenvalue weighted by molar-refractivity contribution is 5.84. The van der Waals surface area contributed by atoms with E-state index in [4.69, 9.17) is 4.74 Å². The number of anilines is 1. The van der Waals surface area contributed by atoms with Gasteiger partial charge in [-0.05, 0) is 89.0 Å². The molecule has 0 amide bonds. The number of piperidine rings is 1. The average Bonchev–Trinajstić information content (AvgIpc) is 2.90. The van der Waals surface area contributed by atoms with Crippen molar-refractivity contribution in [3.05, 3.63) is 70.9 Å². The molecule has 0 aliphatic carbocycles. The van der Waals surface area contributed by atoms with E-state index in [1.807, 2.05) is 30.9 Å². The van der Waals surface area contributed by atoms with Gasteiger partial charge < -0.3 is 14.5 Å². The number of likely N-dealkylation sites (tertiary alicyclic amines) is 1. The number of Topliss-reactive ketones (excluding diaryl/α,β-unsaturated/α-hetero) is 1. The summed E-state index contributed by atoms with van der Waals surface area (Å²) in [5.41, 5.74) is 2.01. The predicted octanol–water partition coefficient (Wildman–Crippen LogP) is 5.53. The lowest BCUT2D eigenvalue weighted by molar-refractivity contribution is -0.123. The summed E-state index contributed by atoms with van der Waals surface area (Å²) in [5.74, 6) is -1.39. The topological polar surface area (TPSA) is 58.6 Å². The molecule has 1 fully saturated rings. The van der Waals surface area contributed by atoms with Gasteiger partial charge in [0.15, 0.2) is 29.3 Å². The molecule has 3 heterocycles. The van der Waals surface area contributed by atoms with Crippen LogP contribution in [0.4, 0.5) is 18.9 Å². The van der Waals surface area contributed by atoms with Crippen LogP contribution in [0.2, 0.25) is 0 Å². The average molecular weight is 539 g/mol. The van der Waals surface area contributed by atoms with Crippen molar-refractivity contribution in [1.29, 1.82) is 0 Å². The Morgan fingerprint density at radius 2 is 1.82 bits per heavy atom. The fourth-order valence-corrected chi connectivity index (χ4v) is 5.41. The molecule has 2 aromatic carbocycles. The number of ketones is 1. The maximum absolute atomic E-state index is 15.3. The Labute approximate surface area is 226 Å². The van der Waals surface area contributed by atoms with Crippen molar-refractivity contribution in [2.24, 2.45) is 0 Å². The summed E-state index contributed by atoms with van der Waals surface area (Å²) in [6.45, 7) is 7.42. The van der Waals surface area contributed by atoms with Crippen LogP contribution in [0.5, 0.6) is 5.75 Å². The normalized spacial score (nSPS) is 18.3. The summed E-state index contributed by atoms with van der Waals surface area (Å²) in [4.78, 5) is 24.6. The third-order valence-electron chi connectivity index (χ3n) is 7.69. The van der Waals surface area contributed by atoms with Crippen LogP contribution in [0, 0.1) is 17.5 Å². The van der Waals surface area contributed by atoms with Crippen LogP contribution in [0.25, 0.3) is 11.3 Å². The number of halogens is 3. The third-order valence-corrected chi connectivity index (χ3v) is 7.69. The Hall–Kier alpha value is -3.46. The quantitative estimate of drug-likeness (QED) is 0.412. The molecule has 1 aromatic heterocycles. The molecule has 3 aromatic rings. The van der Waals surface area contributed by atoms with E-state index in [9.17, 15) is 9.18 Å². The second kappa shape index (κ2) is 11.0. The Bertz CT molecular complexity index is 1390. The first kappa shape index (κ1) is 27.1. The SMILES string of the molecule is CC(=O)C1CN(C(C)C)c2cc(-c3nc(Cc4ccc(C5CCN(C)CC5)c(F)c4)ncc3F)cc(F)c2O1. The summed E-state index contributed by atoms with van der Waals surface area (Å²) in [7, 11) is 2.07. The minimum absolute atomic E-state index is 0.0336. The highest BCUT2D eigenvalue weighted by atomic mass is 19.1. The first-order chi connectivity index (χ1) is 18.6. The molecule has 39 heavy (non-hydrogen) atoms. The van der Waals surface area contributed by atoms with E-state index in [-0.39, 0.29) is 53.5 Å². The van der Waals surface area contributed by atoms with Gasteiger partial charge in [0.2, 0.25) is 0 Å². The van der Waals surface area contributed by atoms with Gasteiger partial charge in [-0.2, -0.15) is 0 Å². The minimum atomic E-state index is -0.783. The van der Waals surface area contributed by atoms with Crippen LogP contribution in [-0.2, 0) is 11.2 Å². The number of carbonyl (C=O) groups excluding carboxylic acids is 1. The van der Waals surface area contributed by atoms with Crippen LogP contribution in [0.1, 0.15) is 56.5 Å². The van der Waals surface area contributed by atoms with Crippen molar-refractivity contribution < 1.29 is 22.7 Å². The number of ether oxygens (including phenoxy) is 1. The Kier molecular flexibility index (Phi) is 7.62. The summed E-state index contributed by atoms with van der Waals surface area (Å²) in [6.07, 6.45) is 2.31. The van der Waals surface area contributed by atoms with Gasteiger partial charge in [0.25, 0.3) is 0 Å². The molecular formula is C30H33F3N4O2. The van der Waals surface area contributed by atoms with E-state index in [2.05, 4.69) is 21.9 Å². The van der Waals surface area contributed by atoms with Gasteiger partial charge in [-0.1, -0.05) is 12.1 Å². The standard InChI is InChI=1S/C30H33F3N4O2/c1-17(2)37-16-27(18(3)38)39-30-24(32)13-21(14-26(30)37)29-25(33)15-34-28(35-29)12-19-5-6-22(23(31)11-19)20-7-9-36(4)10-8-20/h5-6,11,13-15,17,20,27H,7-10,12,16H2,1-4H3.